The minimum atomic E-state index is -3.73. The molecule has 0 aromatic carbocycles. The number of carbonyl (C=O) groups is 1. The van der Waals surface area contributed by atoms with Gasteiger partial charge in [0.05, 0.1) is 0 Å². The van der Waals surface area contributed by atoms with E-state index >= 15 is 0 Å². The maximum atomic E-state index is 11.5. The number of hydrogen-bond acceptors (Lipinski definition) is 4. The van der Waals surface area contributed by atoms with Crippen LogP contribution in [0, 0.1) is 0 Å². The summed E-state index contributed by atoms with van der Waals surface area (Å²) in [5.74, 6) is -1.34. The molecule has 0 amide bonds. The highest BCUT2D eigenvalue weighted by atomic mass is 32.2. The molecule has 0 saturated carbocycles. The summed E-state index contributed by atoms with van der Waals surface area (Å²) in [5.41, 5.74) is 5.22. The summed E-state index contributed by atoms with van der Waals surface area (Å²) in [6.07, 6.45) is 0.516. The molecule has 0 aromatic heterocycles. The number of hydrogen-bond donors (Lipinski definition) is 2. The Morgan fingerprint density at radius 2 is 2.07 bits per heavy atom. The molecular formula is C7H16N2O4S. The summed E-state index contributed by atoms with van der Waals surface area (Å²) in [5, 5.41) is 7.15. The maximum Gasteiger partial charge on any atom is 0.323 e. The van der Waals surface area contributed by atoms with Gasteiger partial charge in [0.25, 0.3) is 0 Å². The van der Waals surface area contributed by atoms with Gasteiger partial charge in [-0.3, -0.25) is 4.79 Å². The minimum absolute atomic E-state index is 0.246. The van der Waals surface area contributed by atoms with Crippen molar-refractivity contribution < 1.29 is 18.3 Å². The van der Waals surface area contributed by atoms with E-state index in [0.717, 1.165) is 11.2 Å². The van der Waals surface area contributed by atoms with Crippen molar-refractivity contribution in [3.8, 4) is 0 Å². The molecule has 0 rings (SSSR count). The van der Waals surface area contributed by atoms with E-state index in [0.29, 0.717) is 13.0 Å². The van der Waals surface area contributed by atoms with Crippen LogP contribution in [-0.2, 0) is 14.8 Å². The lowest BCUT2D eigenvalue weighted by Gasteiger charge is -2.19. The number of rotatable bonds is 6. The van der Waals surface area contributed by atoms with Gasteiger partial charge in [0.1, 0.15) is 0 Å². The summed E-state index contributed by atoms with van der Waals surface area (Å²) < 4.78 is 24.0. The molecule has 1 atom stereocenters. The molecule has 7 heteroatoms. The molecule has 0 heterocycles. The average Bonchev–Trinajstić information content (AvgIpc) is 2.12. The van der Waals surface area contributed by atoms with Crippen LogP contribution in [0.15, 0.2) is 0 Å². The van der Waals surface area contributed by atoms with Crippen LogP contribution in [0.25, 0.3) is 0 Å². The molecule has 3 N–H and O–H groups in total. The fraction of sp³-hybridized carbons (Fsp3) is 0.857. The molecule has 6 nitrogen and oxygen atoms in total. The highest BCUT2D eigenvalue weighted by Gasteiger charge is 2.31. The first kappa shape index (κ1) is 13.3. The van der Waals surface area contributed by atoms with Gasteiger partial charge >= 0.3 is 5.97 Å². The smallest absolute Gasteiger partial charge is 0.323 e. The average molecular weight is 224 g/mol. The van der Waals surface area contributed by atoms with Gasteiger partial charge in [0.2, 0.25) is 10.0 Å². The van der Waals surface area contributed by atoms with E-state index < -0.39 is 21.2 Å². The minimum Gasteiger partial charge on any atom is -0.480 e. The quantitative estimate of drug-likeness (QED) is 0.607. The zero-order valence-corrected chi connectivity index (χ0v) is 9.12. The highest BCUT2D eigenvalue weighted by Crippen LogP contribution is 2.07. The van der Waals surface area contributed by atoms with E-state index in [1.54, 1.807) is 0 Å². The number of sulfonamides is 1. The summed E-state index contributed by atoms with van der Waals surface area (Å²) in [4.78, 5) is 10.5. The van der Waals surface area contributed by atoms with Crippen LogP contribution in [0.2, 0.25) is 0 Å². The number of aliphatic carboxylic acids is 1. The normalized spacial score (nSPS) is 14.3. The Balaban J connectivity index is 4.53. The highest BCUT2D eigenvalue weighted by molar-refractivity contribution is 7.90. The lowest BCUT2D eigenvalue weighted by molar-refractivity contribution is -0.136. The second-order valence-electron chi connectivity index (χ2n) is 2.99. The second-order valence-corrected chi connectivity index (χ2v) is 5.35. The summed E-state index contributed by atoms with van der Waals surface area (Å²) >= 11 is 0. The van der Waals surface area contributed by atoms with Crippen molar-refractivity contribution in [2.24, 2.45) is 5.73 Å². The van der Waals surface area contributed by atoms with E-state index in [2.05, 4.69) is 0 Å². The van der Waals surface area contributed by atoms with Crippen molar-refractivity contribution in [1.29, 1.82) is 0 Å². The number of nitrogens with two attached hydrogens (primary N) is 1. The second kappa shape index (κ2) is 5.28. The van der Waals surface area contributed by atoms with E-state index in [9.17, 15) is 13.2 Å². The number of nitrogens with zero attached hydrogens (tertiary/aromatic N) is 1. The third-order valence-electron chi connectivity index (χ3n) is 1.91. The molecule has 0 aliphatic rings. The molecule has 1 unspecified atom stereocenters. The molecule has 14 heavy (non-hydrogen) atoms. The van der Waals surface area contributed by atoms with Crippen molar-refractivity contribution in [1.82, 2.24) is 4.31 Å². The van der Waals surface area contributed by atoms with Crippen LogP contribution in [0.5, 0.6) is 0 Å². The van der Waals surface area contributed by atoms with Gasteiger partial charge in [0, 0.05) is 13.6 Å². The zero-order valence-electron chi connectivity index (χ0n) is 8.30. The van der Waals surface area contributed by atoms with Crippen LogP contribution in [0.3, 0.4) is 0 Å². The van der Waals surface area contributed by atoms with Gasteiger partial charge in [-0.2, -0.15) is 0 Å². The first-order chi connectivity index (χ1) is 6.34. The van der Waals surface area contributed by atoms with Crippen molar-refractivity contribution in [3.05, 3.63) is 0 Å². The largest absolute Gasteiger partial charge is 0.480 e. The third-order valence-corrected chi connectivity index (χ3v) is 4.05. The zero-order chi connectivity index (χ0) is 11.4. The fourth-order valence-electron chi connectivity index (χ4n) is 0.839. The Labute approximate surface area is 83.7 Å². The predicted octanol–water partition coefficient (Wildman–Crippen LogP) is -0.930. The molecule has 0 radical (unpaired) electrons. The summed E-state index contributed by atoms with van der Waals surface area (Å²) in [6, 6.07) is 0. The van der Waals surface area contributed by atoms with E-state index in [-0.39, 0.29) is 6.54 Å². The topological polar surface area (TPSA) is 101 Å². The molecule has 0 spiro atoms. The Bertz CT molecular complexity index is 288. The monoisotopic (exact) mass is 224 g/mol. The molecule has 0 aromatic rings. The Kier molecular flexibility index (Phi) is 5.03. The van der Waals surface area contributed by atoms with Crippen LogP contribution in [-0.4, -0.2) is 49.2 Å². The number of carboxylic acids is 1. The van der Waals surface area contributed by atoms with Crippen LogP contribution >= 0.6 is 0 Å². The number of carboxylic acid groups (broad SMARTS) is 1. The molecule has 0 fully saturated rings. The predicted molar refractivity (Wildman–Crippen MR) is 52.3 cm³/mol. The fourth-order valence-corrected chi connectivity index (χ4v) is 2.02. The summed E-state index contributed by atoms with van der Waals surface area (Å²) in [7, 11) is -2.38. The van der Waals surface area contributed by atoms with Crippen molar-refractivity contribution in [2.45, 2.75) is 18.6 Å². The van der Waals surface area contributed by atoms with Crippen LogP contribution < -0.4 is 5.73 Å². The van der Waals surface area contributed by atoms with Gasteiger partial charge in [-0.1, -0.05) is 0 Å². The Morgan fingerprint density at radius 3 is 2.43 bits per heavy atom. The van der Waals surface area contributed by atoms with Gasteiger partial charge < -0.3 is 10.8 Å². The lowest BCUT2D eigenvalue weighted by Crippen LogP contribution is -2.39. The molecular weight excluding hydrogens is 208 g/mol. The molecule has 84 valence electrons. The van der Waals surface area contributed by atoms with Gasteiger partial charge in [-0.05, 0) is 19.9 Å². The van der Waals surface area contributed by atoms with Gasteiger partial charge in [-0.25, -0.2) is 12.7 Å². The third kappa shape index (κ3) is 3.24. The van der Waals surface area contributed by atoms with Crippen molar-refractivity contribution >= 4 is 16.0 Å². The standard InChI is InChI=1S/C7H16N2O4S/c1-6(7(10)11)14(12,13)9(2)5-3-4-8/h6H,3-5,8H2,1-2H3,(H,10,11). The van der Waals surface area contributed by atoms with Gasteiger partial charge in [0.15, 0.2) is 5.25 Å². The SMILES string of the molecule is CC(C(=O)O)S(=O)(=O)N(C)CCCN. The van der Waals surface area contributed by atoms with Crippen LogP contribution in [0.1, 0.15) is 13.3 Å². The first-order valence-electron chi connectivity index (χ1n) is 4.22. The first-order valence-corrected chi connectivity index (χ1v) is 5.72. The van der Waals surface area contributed by atoms with E-state index in [1.165, 1.54) is 7.05 Å². The van der Waals surface area contributed by atoms with Crippen LogP contribution in [0.4, 0.5) is 0 Å². The van der Waals surface area contributed by atoms with E-state index in [1.807, 2.05) is 0 Å². The Hall–Kier alpha value is -0.660. The molecule has 0 saturated heterocycles. The summed E-state index contributed by atoms with van der Waals surface area (Å²) in [6.45, 7) is 1.77. The molecule has 0 aliphatic carbocycles. The van der Waals surface area contributed by atoms with Crippen molar-refractivity contribution in [3.63, 3.8) is 0 Å². The Morgan fingerprint density at radius 1 is 1.57 bits per heavy atom. The molecule has 0 aliphatic heterocycles. The maximum absolute atomic E-state index is 11.5. The lowest BCUT2D eigenvalue weighted by atomic mass is 10.4. The van der Waals surface area contributed by atoms with E-state index in [4.69, 9.17) is 10.8 Å². The van der Waals surface area contributed by atoms with Gasteiger partial charge in [-0.15, -0.1) is 0 Å². The van der Waals surface area contributed by atoms with Crippen molar-refractivity contribution in [2.75, 3.05) is 20.1 Å². The molecule has 0 bridgehead atoms.